The minimum atomic E-state index is -0.140. The Balaban J connectivity index is 1.65. The van der Waals surface area contributed by atoms with Crippen LogP contribution in [-0.2, 0) is 14.3 Å². The zero-order valence-corrected chi connectivity index (χ0v) is 10.4. The molecular weight excluding hydrogens is 228 g/mol. The third kappa shape index (κ3) is 0.604. The first kappa shape index (κ1) is 9.76. The molecule has 0 amide bonds. The number of fused-ring (bicyclic) bond motifs is 3. The smallest absolute Gasteiger partial charge is 0.306 e. The summed E-state index contributed by atoms with van der Waals surface area (Å²) in [5.74, 6) is 2.71. The van der Waals surface area contributed by atoms with Crippen LogP contribution in [0.4, 0.5) is 0 Å². The van der Waals surface area contributed by atoms with Gasteiger partial charge in [0.25, 0.3) is 0 Å². The highest BCUT2D eigenvalue weighted by Gasteiger charge is 2.93. The molecule has 18 heavy (non-hydrogen) atoms. The number of hydrogen-bond donors (Lipinski definition) is 0. The number of Topliss-reactive ketones (excluding diaryl/α,β-unsaturated/α-hetero) is 1. The fourth-order valence-electron chi connectivity index (χ4n) is 6.71. The Labute approximate surface area is 106 Å². The van der Waals surface area contributed by atoms with Crippen molar-refractivity contribution in [1.82, 2.24) is 0 Å². The van der Waals surface area contributed by atoms with E-state index < -0.39 is 0 Å². The Kier molecular flexibility index (Phi) is 1.26. The molecule has 0 aliphatic heterocycles. The Morgan fingerprint density at radius 2 is 2.28 bits per heavy atom. The summed E-state index contributed by atoms with van der Waals surface area (Å²) in [5.41, 5.74) is 1.03. The molecule has 7 atom stereocenters. The van der Waals surface area contributed by atoms with Gasteiger partial charge in [-0.2, -0.15) is 0 Å². The van der Waals surface area contributed by atoms with Gasteiger partial charge in [-0.1, -0.05) is 12.2 Å². The molecule has 3 nitrogen and oxygen atoms in total. The molecule has 5 rings (SSSR count). The highest BCUT2D eigenvalue weighted by Crippen LogP contribution is 2.94. The maximum atomic E-state index is 12.7. The minimum Gasteiger partial charge on any atom is -0.469 e. The van der Waals surface area contributed by atoms with Crippen molar-refractivity contribution in [2.24, 2.45) is 40.4 Å². The highest BCUT2D eigenvalue weighted by molar-refractivity contribution is 6.01. The average molecular weight is 244 g/mol. The van der Waals surface area contributed by atoms with Gasteiger partial charge in [-0.25, -0.2) is 0 Å². The summed E-state index contributed by atoms with van der Waals surface area (Å²) in [6.45, 7) is 4.15. The van der Waals surface area contributed by atoms with E-state index in [0.29, 0.717) is 35.9 Å². The van der Waals surface area contributed by atoms with Gasteiger partial charge < -0.3 is 4.74 Å². The molecule has 0 aromatic rings. The third-order valence-corrected chi connectivity index (χ3v) is 7.14. The van der Waals surface area contributed by atoms with Gasteiger partial charge in [0.2, 0.25) is 0 Å². The van der Waals surface area contributed by atoms with E-state index in [9.17, 15) is 9.59 Å². The molecule has 1 spiro atoms. The topological polar surface area (TPSA) is 43.4 Å². The van der Waals surface area contributed by atoms with Crippen LogP contribution in [0, 0.1) is 40.4 Å². The van der Waals surface area contributed by atoms with Crippen molar-refractivity contribution in [3.05, 3.63) is 12.2 Å². The van der Waals surface area contributed by atoms with E-state index >= 15 is 0 Å². The molecule has 5 saturated carbocycles. The van der Waals surface area contributed by atoms with E-state index in [1.165, 1.54) is 12.7 Å². The van der Waals surface area contributed by atoms with Crippen LogP contribution in [0.1, 0.15) is 19.3 Å². The number of ether oxygens (including phenoxy) is 1. The lowest BCUT2D eigenvalue weighted by molar-refractivity contribution is -0.143. The SMILES string of the molecule is C=C1C2C(=O)C34CC3(CC(=O)OC)C3CC4C2C13. The summed E-state index contributed by atoms with van der Waals surface area (Å²) in [6.07, 6.45) is 2.58. The molecule has 5 fully saturated rings. The number of carbonyl (C=O) groups is 2. The quantitative estimate of drug-likeness (QED) is 0.547. The summed E-state index contributed by atoms with van der Waals surface area (Å²) in [5, 5.41) is 0. The molecule has 0 saturated heterocycles. The summed E-state index contributed by atoms with van der Waals surface area (Å²) < 4.78 is 4.85. The molecule has 0 heterocycles. The number of allylic oxidation sites excluding steroid dienone is 1. The molecular formula is C15H16O3. The molecule has 7 unspecified atom stereocenters. The minimum absolute atomic E-state index is 0.0306. The molecule has 2 bridgehead atoms. The highest BCUT2D eigenvalue weighted by atomic mass is 16.5. The normalized spacial score (nSPS) is 60.6. The summed E-state index contributed by atoms with van der Waals surface area (Å²) in [7, 11) is 1.44. The van der Waals surface area contributed by atoms with E-state index in [1.807, 2.05) is 0 Å². The maximum Gasteiger partial charge on any atom is 0.306 e. The van der Waals surface area contributed by atoms with Gasteiger partial charge in [-0.15, -0.1) is 0 Å². The van der Waals surface area contributed by atoms with Crippen LogP contribution in [0.15, 0.2) is 12.2 Å². The molecule has 3 heteroatoms. The van der Waals surface area contributed by atoms with Crippen molar-refractivity contribution >= 4 is 11.8 Å². The first-order valence-corrected chi connectivity index (χ1v) is 6.88. The van der Waals surface area contributed by atoms with Gasteiger partial charge in [-0.3, -0.25) is 9.59 Å². The second kappa shape index (κ2) is 2.33. The van der Waals surface area contributed by atoms with Crippen LogP contribution >= 0.6 is 0 Å². The van der Waals surface area contributed by atoms with E-state index in [4.69, 9.17) is 4.74 Å². The predicted molar refractivity (Wildman–Crippen MR) is 62.3 cm³/mol. The molecule has 0 aromatic heterocycles. The van der Waals surface area contributed by atoms with Crippen molar-refractivity contribution in [2.75, 3.05) is 7.11 Å². The van der Waals surface area contributed by atoms with Gasteiger partial charge in [-0.05, 0) is 41.9 Å². The molecule has 5 aliphatic carbocycles. The first-order chi connectivity index (χ1) is 8.58. The molecule has 0 radical (unpaired) electrons. The van der Waals surface area contributed by atoms with Crippen LogP contribution in [0.3, 0.4) is 0 Å². The van der Waals surface area contributed by atoms with Crippen molar-refractivity contribution in [1.29, 1.82) is 0 Å². The van der Waals surface area contributed by atoms with E-state index in [1.54, 1.807) is 0 Å². The number of methoxy groups -OCH3 is 1. The zero-order chi connectivity index (χ0) is 12.4. The number of hydrogen-bond acceptors (Lipinski definition) is 3. The Bertz CT molecular complexity index is 550. The van der Waals surface area contributed by atoms with E-state index in [0.717, 1.165) is 12.8 Å². The van der Waals surface area contributed by atoms with Crippen molar-refractivity contribution in [3.63, 3.8) is 0 Å². The molecule has 94 valence electrons. The Hall–Kier alpha value is -1.12. The summed E-state index contributed by atoms with van der Waals surface area (Å²) in [6, 6.07) is 0. The van der Waals surface area contributed by atoms with Crippen molar-refractivity contribution in [2.45, 2.75) is 19.3 Å². The fourth-order valence-corrected chi connectivity index (χ4v) is 6.71. The number of rotatable bonds is 2. The van der Waals surface area contributed by atoms with Crippen molar-refractivity contribution in [3.8, 4) is 0 Å². The molecule has 0 aromatic carbocycles. The number of esters is 1. The van der Waals surface area contributed by atoms with Crippen LogP contribution in [0.2, 0.25) is 0 Å². The van der Waals surface area contributed by atoms with Gasteiger partial charge in [0.05, 0.1) is 13.5 Å². The zero-order valence-electron chi connectivity index (χ0n) is 10.4. The largest absolute Gasteiger partial charge is 0.469 e. The van der Waals surface area contributed by atoms with Gasteiger partial charge in [0.15, 0.2) is 0 Å². The van der Waals surface area contributed by atoms with Crippen LogP contribution < -0.4 is 0 Å². The van der Waals surface area contributed by atoms with Gasteiger partial charge in [0.1, 0.15) is 5.78 Å². The average Bonchev–Trinajstić information content (AvgIpc) is 2.75. The third-order valence-electron chi connectivity index (χ3n) is 7.14. The summed E-state index contributed by atoms with van der Waals surface area (Å²) in [4.78, 5) is 24.4. The lowest BCUT2D eigenvalue weighted by Crippen LogP contribution is -2.41. The second-order valence-corrected chi connectivity index (χ2v) is 7.03. The Morgan fingerprint density at radius 1 is 1.50 bits per heavy atom. The lowest BCUT2D eigenvalue weighted by Gasteiger charge is -2.44. The van der Waals surface area contributed by atoms with E-state index in [2.05, 4.69) is 6.58 Å². The van der Waals surface area contributed by atoms with Crippen LogP contribution in [0.25, 0.3) is 0 Å². The second-order valence-electron chi connectivity index (χ2n) is 7.03. The van der Waals surface area contributed by atoms with Gasteiger partial charge in [0, 0.05) is 11.3 Å². The first-order valence-electron chi connectivity index (χ1n) is 6.88. The predicted octanol–water partition coefficient (Wildman–Crippen LogP) is 1.58. The van der Waals surface area contributed by atoms with Crippen LogP contribution in [-0.4, -0.2) is 18.9 Å². The summed E-state index contributed by atoms with van der Waals surface area (Å²) >= 11 is 0. The lowest BCUT2D eigenvalue weighted by atomic mass is 9.58. The monoisotopic (exact) mass is 244 g/mol. The maximum absolute atomic E-state index is 12.7. The van der Waals surface area contributed by atoms with E-state index in [-0.39, 0.29) is 22.7 Å². The number of carbonyl (C=O) groups excluding carboxylic acids is 2. The molecule has 0 N–H and O–H groups in total. The van der Waals surface area contributed by atoms with Gasteiger partial charge >= 0.3 is 5.97 Å². The van der Waals surface area contributed by atoms with Crippen molar-refractivity contribution < 1.29 is 14.3 Å². The fraction of sp³-hybridized carbons (Fsp3) is 0.733. The number of ketones is 1. The Morgan fingerprint density at radius 3 is 3.00 bits per heavy atom. The van der Waals surface area contributed by atoms with Crippen LogP contribution in [0.5, 0.6) is 0 Å². The molecule has 5 aliphatic rings. The standard InChI is InChI=1S/C15H16O3/c1-6-10-7-3-8-12(10)11(6)13(17)15(8)5-14(7,15)4-9(16)18-2/h7-8,10-12H,1,3-5H2,2H3.